The van der Waals surface area contributed by atoms with Gasteiger partial charge in [0.05, 0.1) is 10.6 Å². The first kappa shape index (κ1) is 20.1. The van der Waals surface area contributed by atoms with Gasteiger partial charge in [-0.05, 0) is 19.8 Å². The number of amides is 2. The van der Waals surface area contributed by atoms with E-state index in [9.17, 15) is 19.7 Å². The van der Waals surface area contributed by atoms with Gasteiger partial charge in [-0.1, -0.05) is 13.8 Å². The van der Waals surface area contributed by atoms with Gasteiger partial charge < -0.3 is 10.6 Å². The number of carbonyl (C=O) groups excluding carboxylic acids is 2. The molecule has 0 aliphatic heterocycles. The maximum Gasteiger partial charge on any atom is 0.307 e. The van der Waals surface area contributed by atoms with Crippen LogP contribution in [-0.2, 0) is 11.3 Å². The standard InChI is InChI=1S/C16H23N7O4/c1-5-21-9-13(14(20-21)16(25)17-6-10(2)3)19-15(24)11(4)22-8-12(7-18-22)23(26)27/h7-11H,5-6H2,1-4H3,(H,17,25)(H,19,24). The van der Waals surface area contributed by atoms with Crippen LogP contribution in [0.4, 0.5) is 11.4 Å². The van der Waals surface area contributed by atoms with Gasteiger partial charge in [0.2, 0.25) is 5.91 Å². The molecule has 0 aromatic carbocycles. The lowest BCUT2D eigenvalue weighted by molar-refractivity contribution is -0.385. The number of hydrogen-bond donors (Lipinski definition) is 2. The van der Waals surface area contributed by atoms with Gasteiger partial charge in [-0.15, -0.1) is 0 Å². The summed E-state index contributed by atoms with van der Waals surface area (Å²) in [4.78, 5) is 35.1. The highest BCUT2D eigenvalue weighted by Gasteiger charge is 2.23. The van der Waals surface area contributed by atoms with Crippen molar-refractivity contribution in [3.63, 3.8) is 0 Å². The normalized spacial score (nSPS) is 12.0. The predicted octanol–water partition coefficient (Wildman–Crippen LogP) is 1.59. The zero-order valence-electron chi connectivity index (χ0n) is 15.7. The molecule has 1 unspecified atom stereocenters. The summed E-state index contributed by atoms with van der Waals surface area (Å²) in [6, 6.07) is -0.810. The third-order valence-electron chi connectivity index (χ3n) is 3.80. The van der Waals surface area contributed by atoms with Gasteiger partial charge in [0.1, 0.15) is 18.4 Å². The average Bonchev–Trinajstić information content (AvgIpc) is 3.26. The zero-order valence-corrected chi connectivity index (χ0v) is 15.7. The lowest BCUT2D eigenvalue weighted by Gasteiger charge is -2.12. The minimum absolute atomic E-state index is 0.115. The number of nitro groups is 1. The van der Waals surface area contributed by atoms with E-state index in [2.05, 4.69) is 20.8 Å². The Morgan fingerprint density at radius 3 is 2.56 bits per heavy atom. The number of anilines is 1. The fourth-order valence-corrected chi connectivity index (χ4v) is 2.21. The monoisotopic (exact) mass is 377 g/mol. The van der Waals surface area contributed by atoms with Crippen LogP contribution < -0.4 is 10.6 Å². The van der Waals surface area contributed by atoms with E-state index in [0.29, 0.717) is 13.1 Å². The molecule has 0 fully saturated rings. The Hall–Kier alpha value is -3.24. The fraction of sp³-hybridized carbons (Fsp3) is 0.500. The van der Waals surface area contributed by atoms with Crippen molar-refractivity contribution < 1.29 is 14.5 Å². The Morgan fingerprint density at radius 1 is 1.30 bits per heavy atom. The Kier molecular flexibility index (Phi) is 6.27. The van der Waals surface area contributed by atoms with Crippen LogP contribution in [0.1, 0.15) is 44.2 Å². The van der Waals surface area contributed by atoms with Crippen LogP contribution in [0.15, 0.2) is 18.6 Å². The van der Waals surface area contributed by atoms with Crippen LogP contribution in [-0.4, -0.2) is 42.8 Å². The van der Waals surface area contributed by atoms with Crippen LogP contribution in [0.2, 0.25) is 0 Å². The number of carbonyl (C=O) groups is 2. The lowest BCUT2D eigenvalue weighted by atomic mass is 10.2. The van der Waals surface area contributed by atoms with Crippen molar-refractivity contribution in [2.24, 2.45) is 5.92 Å². The first-order chi connectivity index (χ1) is 12.7. The first-order valence-corrected chi connectivity index (χ1v) is 8.58. The molecule has 2 aromatic heterocycles. The third kappa shape index (κ3) is 4.90. The second-order valence-electron chi connectivity index (χ2n) is 6.45. The Bertz CT molecular complexity index is 840. The number of aryl methyl sites for hydroxylation is 1. The third-order valence-corrected chi connectivity index (χ3v) is 3.80. The summed E-state index contributed by atoms with van der Waals surface area (Å²) in [6.45, 7) is 8.37. The molecule has 0 spiro atoms. The van der Waals surface area contributed by atoms with Gasteiger partial charge in [-0.3, -0.25) is 29.1 Å². The second-order valence-corrected chi connectivity index (χ2v) is 6.45. The molecule has 2 rings (SSSR count). The van der Waals surface area contributed by atoms with Crippen molar-refractivity contribution in [2.75, 3.05) is 11.9 Å². The number of nitrogens with one attached hydrogen (secondary N) is 2. The second kappa shape index (κ2) is 8.43. The summed E-state index contributed by atoms with van der Waals surface area (Å²) in [6.07, 6.45) is 3.82. The van der Waals surface area contributed by atoms with Gasteiger partial charge in [-0.2, -0.15) is 10.2 Å². The Balaban J connectivity index is 2.17. The van der Waals surface area contributed by atoms with Crippen LogP contribution in [0.3, 0.4) is 0 Å². The molecule has 0 aliphatic rings. The highest BCUT2D eigenvalue weighted by atomic mass is 16.6. The highest BCUT2D eigenvalue weighted by Crippen LogP contribution is 2.18. The van der Waals surface area contributed by atoms with Gasteiger partial charge >= 0.3 is 5.69 Å². The van der Waals surface area contributed by atoms with Crippen molar-refractivity contribution in [3.8, 4) is 0 Å². The summed E-state index contributed by atoms with van der Waals surface area (Å²) in [5, 5.41) is 24.2. The molecule has 2 N–H and O–H groups in total. The van der Waals surface area contributed by atoms with E-state index >= 15 is 0 Å². The molecule has 0 saturated carbocycles. The van der Waals surface area contributed by atoms with Crippen LogP contribution in [0, 0.1) is 16.0 Å². The topological polar surface area (TPSA) is 137 Å². The fourth-order valence-electron chi connectivity index (χ4n) is 2.21. The van der Waals surface area contributed by atoms with E-state index in [1.54, 1.807) is 17.8 Å². The molecule has 2 amide bonds. The summed E-state index contributed by atoms with van der Waals surface area (Å²) in [5.74, 6) is -0.578. The van der Waals surface area contributed by atoms with E-state index in [0.717, 1.165) is 6.20 Å². The maximum atomic E-state index is 12.5. The van der Waals surface area contributed by atoms with Crippen molar-refractivity contribution >= 4 is 23.2 Å². The molecule has 27 heavy (non-hydrogen) atoms. The molecule has 0 bridgehead atoms. The average molecular weight is 377 g/mol. The van der Waals surface area contributed by atoms with E-state index in [1.165, 1.54) is 10.9 Å². The molecule has 11 nitrogen and oxygen atoms in total. The smallest absolute Gasteiger partial charge is 0.307 e. The van der Waals surface area contributed by atoms with Crippen LogP contribution in [0.5, 0.6) is 0 Å². The summed E-state index contributed by atoms with van der Waals surface area (Å²) >= 11 is 0. The Labute approximate surface area is 155 Å². The van der Waals surface area contributed by atoms with E-state index in [4.69, 9.17) is 0 Å². The summed E-state index contributed by atoms with van der Waals surface area (Å²) in [7, 11) is 0. The molecule has 2 aromatic rings. The van der Waals surface area contributed by atoms with Crippen molar-refractivity contribution in [1.82, 2.24) is 24.9 Å². The molecular weight excluding hydrogens is 354 g/mol. The molecule has 11 heteroatoms. The quantitative estimate of drug-likeness (QED) is 0.529. The molecule has 146 valence electrons. The largest absolute Gasteiger partial charge is 0.350 e. The van der Waals surface area contributed by atoms with E-state index in [-0.39, 0.29) is 28.9 Å². The highest BCUT2D eigenvalue weighted by molar-refractivity contribution is 6.03. The minimum Gasteiger partial charge on any atom is -0.350 e. The van der Waals surface area contributed by atoms with Gasteiger partial charge in [-0.25, -0.2) is 0 Å². The number of nitrogens with zero attached hydrogens (tertiary/aromatic N) is 5. The molecular formula is C16H23N7O4. The molecule has 2 heterocycles. The predicted molar refractivity (Wildman–Crippen MR) is 97.3 cm³/mol. The van der Waals surface area contributed by atoms with Gasteiger partial charge in [0, 0.05) is 19.3 Å². The number of aromatic nitrogens is 4. The minimum atomic E-state index is -0.810. The van der Waals surface area contributed by atoms with E-state index < -0.39 is 16.9 Å². The van der Waals surface area contributed by atoms with Crippen LogP contribution in [0.25, 0.3) is 0 Å². The van der Waals surface area contributed by atoms with Crippen molar-refractivity contribution in [1.29, 1.82) is 0 Å². The zero-order chi connectivity index (χ0) is 20.1. The Morgan fingerprint density at radius 2 is 2.00 bits per heavy atom. The molecule has 0 saturated heterocycles. The SMILES string of the molecule is CCn1cc(NC(=O)C(C)n2cc([N+](=O)[O-])cn2)c(C(=O)NCC(C)C)n1. The van der Waals surface area contributed by atoms with Crippen molar-refractivity contribution in [2.45, 2.75) is 40.3 Å². The molecule has 0 aliphatic carbocycles. The summed E-state index contributed by atoms with van der Waals surface area (Å²) < 4.78 is 2.74. The molecule has 0 radical (unpaired) electrons. The van der Waals surface area contributed by atoms with Gasteiger partial charge in [0.15, 0.2) is 5.69 Å². The maximum absolute atomic E-state index is 12.5. The first-order valence-electron chi connectivity index (χ1n) is 8.58. The van der Waals surface area contributed by atoms with Crippen molar-refractivity contribution in [3.05, 3.63) is 34.4 Å². The number of rotatable bonds is 8. The molecule has 1 atom stereocenters. The van der Waals surface area contributed by atoms with Crippen LogP contribution >= 0.6 is 0 Å². The number of hydrogen-bond acceptors (Lipinski definition) is 6. The lowest BCUT2D eigenvalue weighted by Crippen LogP contribution is -2.29. The van der Waals surface area contributed by atoms with E-state index in [1.807, 2.05) is 20.8 Å². The summed E-state index contributed by atoms with van der Waals surface area (Å²) in [5.41, 5.74) is 0.184. The van der Waals surface area contributed by atoms with Gasteiger partial charge in [0.25, 0.3) is 5.91 Å².